The number of hydrogen-bond donors (Lipinski definition) is 2. The van der Waals surface area contributed by atoms with Crippen molar-refractivity contribution in [3.05, 3.63) is 41.0 Å². The highest BCUT2D eigenvalue weighted by molar-refractivity contribution is 7.94. The Hall–Kier alpha value is -2.06. The SMILES string of the molecule is Cn1nc(C(C)(C)C)cc1N.O=C(O)C1(S(=O)(=O)c2ccc(Cl)cc2)CC1. The Morgan fingerprint density at radius 1 is 1.26 bits per heavy atom. The quantitative estimate of drug-likeness (QED) is 0.798. The number of sulfone groups is 1. The standard InChI is InChI=1S/C10H9ClO4S.C8H15N3/c11-7-1-3-8(4-2-7)16(14,15)10(5-6-10)9(12)13;1-8(2,3)6-5-7(9)11(4)10-6/h1-4H,5-6H2,(H,12,13);5H,9H2,1-4H3. The van der Waals surface area contributed by atoms with Crippen LogP contribution in [0.1, 0.15) is 39.3 Å². The van der Waals surface area contributed by atoms with Crippen molar-refractivity contribution in [3.63, 3.8) is 0 Å². The third-order valence-electron chi connectivity index (χ3n) is 4.42. The summed E-state index contributed by atoms with van der Waals surface area (Å²) < 4.78 is 24.2. The molecule has 3 N–H and O–H groups in total. The van der Waals surface area contributed by atoms with Crippen molar-refractivity contribution in [2.45, 2.75) is 48.7 Å². The molecular formula is C18H24ClN3O4S. The zero-order valence-corrected chi connectivity index (χ0v) is 17.3. The van der Waals surface area contributed by atoms with Gasteiger partial charge in [0.25, 0.3) is 0 Å². The minimum atomic E-state index is -3.80. The number of anilines is 1. The van der Waals surface area contributed by atoms with Gasteiger partial charge in [-0.25, -0.2) is 8.42 Å². The number of carboxylic acid groups (broad SMARTS) is 1. The number of nitrogens with zero attached hydrogens (tertiary/aromatic N) is 2. The van der Waals surface area contributed by atoms with Crippen LogP contribution < -0.4 is 5.73 Å². The fraction of sp³-hybridized carbons (Fsp3) is 0.444. The van der Waals surface area contributed by atoms with Crippen molar-refractivity contribution < 1.29 is 18.3 Å². The normalized spacial score (nSPS) is 15.6. The van der Waals surface area contributed by atoms with Crippen LogP contribution >= 0.6 is 11.6 Å². The Morgan fingerprint density at radius 2 is 1.78 bits per heavy atom. The summed E-state index contributed by atoms with van der Waals surface area (Å²) in [4.78, 5) is 11.0. The predicted octanol–water partition coefficient (Wildman–Crippen LogP) is 3.03. The van der Waals surface area contributed by atoms with Crippen molar-refractivity contribution in [1.82, 2.24) is 9.78 Å². The number of aliphatic carboxylic acids is 1. The van der Waals surface area contributed by atoms with Gasteiger partial charge in [-0.2, -0.15) is 5.10 Å². The van der Waals surface area contributed by atoms with Crippen LogP contribution in [0.5, 0.6) is 0 Å². The molecule has 0 atom stereocenters. The lowest BCUT2D eigenvalue weighted by Gasteiger charge is -2.13. The van der Waals surface area contributed by atoms with Crippen LogP contribution in [0.2, 0.25) is 5.02 Å². The van der Waals surface area contributed by atoms with E-state index in [0.717, 1.165) is 11.5 Å². The van der Waals surface area contributed by atoms with Crippen molar-refractivity contribution in [1.29, 1.82) is 0 Å². The number of carboxylic acids is 1. The summed E-state index contributed by atoms with van der Waals surface area (Å²) >= 11 is 5.64. The van der Waals surface area contributed by atoms with E-state index in [0.29, 0.717) is 5.02 Å². The van der Waals surface area contributed by atoms with Gasteiger partial charge in [0.2, 0.25) is 0 Å². The number of nitrogens with two attached hydrogens (primary N) is 1. The molecule has 0 unspecified atom stereocenters. The van der Waals surface area contributed by atoms with Gasteiger partial charge in [-0.15, -0.1) is 0 Å². The molecule has 148 valence electrons. The lowest BCUT2D eigenvalue weighted by Crippen LogP contribution is -2.32. The summed E-state index contributed by atoms with van der Waals surface area (Å²) in [6.45, 7) is 6.36. The monoisotopic (exact) mass is 413 g/mol. The fourth-order valence-corrected chi connectivity index (χ4v) is 4.34. The Balaban J connectivity index is 0.000000208. The maximum Gasteiger partial charge on any atom is 0.325 e. The van der Waals surface area contributed by atoms with Crippen molar-refractivity contribution >= 4 is 33.2 Å². The Bertz CT molecular complexity index is 920. The Morgan fingerprint density at radius 3 is 2.07 bits per heavy atom. The molecule has 9 heteroatoms. The van der Waals surface area contributed by atoms with E-state index in [1.54, 1.807) is 4.68 Å². The lowest BCUT2D eigenvalue weighted by atomic mass is 9.92. The lowest BCUT2D eigenvalue weighted by molar-refractivity contribution is -0.137. The smallest absolute Gasteiger partial charge is 0.325 e. The first-order valence-corrected chi connectivity index (χ1v) is 10.2. The molecule has 0 saturated heterocycles. The van der Waals surface area contributed by atoms with Gasteiger partial charge in [0.15, 0.2) is 14.6 Å². The van der Waals surface area contributed by atoms with Crippen molar-refractivity contribution in [2.75, 3.05) is 5.73 Å². The molecule has 2 aromatic rings. The van der Waals surface area contributed by atoms with E-state index < -0.39 is 20.6 Å². The second-order valence-corrected chi connectivity index (χ2v) is 10.3. The van der Waals surface area contributed by atoms with Crippen LogP contribution in [-0.2, 0) is 27.1 Å². The molecule has 1 aromatic carbocycles. The third kappa shape index (κ3) is 4.27. The number of hydrogen-bond acceptors (Lipinski definition) is 5. The summed E-state index contributed by atoms with van der Waals surface area (Å²) in [5.41, 5.74) is 6.77. The fourth-order valence-electron chi connectivity index (χ4n) is 2.40. The predicted molar refractivity (Wildman–Crippen MR) is 105 cm³/mol. The van der Waals surface area contributed by atoms with E-state index in [4.69, 9.17) is 22.4 Å². The highest BCUT2D eigenvalue weighted by Gasteiger charge is 2.61. The number of nitrogen functional groups attached to an aromatic ring is 1. The van der Waals surface area contributed by atoms with Crippen molar-refractivity contribution in [2.24, 2.45) is 7.05 Å². The van der Waals surface area contributed by atoms with Crippen LogP contribution in [0.4, 0.5) is 5.82 Å². The maximum atomic E-state index is 12.0. The number of rotatable bonds is 3. The molecule has 7 nitrogen and oxygen atoms in total. The Kier molecular flexibility index (Phi) is 5.64. The number of aryl methyl sites for hydroxylation is 1. The molecule has 1 fully saturated rings. The van der Waals surface area contributed by atoms with E-state index in [-0.39, 0.29) is 23.2 Å². The van der Waals surface area contributed by atoms with Gasteiger partial charge in [-0.3, -0.25) is 9.48 Å². The molecule has 1 saturated carbocycles. The van der Waals surface area contributed by atoms with Crippen molar-refractivity contribution in [3.8, 4) is 0 Å². The van der Waals surface area contributed by atoms with Crippen LogP contribution in [0.3, 0.4) is 0 Å². The summed E-state index contributed by atoms with van der Waals surface area (Å²) in [6.07, 6.45) is 0.348. The van der Waals surface area contributed by atoms with Crippen LogP contribution in [0, 0.1) is 0 Å². The van der Waals surface area contributed by atoms with Gasteiger partial charge < -0.3 is 10.8 Å². The molecular weight excluding hydrogens is 390 g/mol. The Labute approximate surface area is 164 Å². The van der Waals surface area contributed by atoms with Gasteiger partial charge in [0.1, 0.15) is 5.82 Å². The largest absolute Gasteiger partial charge is 0.480 e. The molecule has 0 amide bonds. The first-order chi connectivity index (χ1) is 12.3. The van der Waals surface area contributed by atoms with Gasteiger partial charge in [0, 0.05) is 23.6 Å². The molecule has 0 aliphatic heterocycles. The summed E-state index contributed by atoms with van der Waals surface area (Å²) in [7, 11) is -1.95. The summed E-state index contributed by atoms with van der Waals surface area (Å²) in [6, 6.07) is 7.46. The second kappa shape index (κ2) is 7.16. The van der Waals surface area contributed by atoms with E-state index in [9.17, 15) is 13.2 Å². The maximum absolute atomic E-state index is 12.0. The average molecular weight is 414 g/mol. The van der Waals surface area contributed by atoms with Gasteiger partial charge >= 0.3 is 5.97 Å². The highest BCUT2D eigenvalue weighted by Crippen LogP contribution is 2.47. The van der Waals surface area contributed by atoms with Crippen LogP contribution in [0.15, 0.2) is 35.2 Å². The van der Waals surface area contributed by atoms with E-state index in [1.165, 1.54) is 24.3 Å². The third-order valence-corrected chi connectivity index (χ3v) is 7.17. The molecule has 1 aliphatic rings. The second-order valence-electron chi connectivity index (χ2n) is 7.58. The number of aromatic nitrogens is 2. The molecule has 1 aromatic heterocycles. The van der Waals surface area contributed by atoms with E-state index in [2.05, 4.69) is 25.9 Å². The first kappa shape index (κ1) is 21.2. The summed E-state index contributed by atoms with van der Waals surface area (Å²) in [5.74, 6) is -0.558. The van der Waals surface area contributed by atoms with Crippen LogP contribution in [-0.4, -0.2) is 34.0 Å². The number of halogens is 1. The summed E-state index contributed by atoms with van der Waals surface area (Å²) in [5, 5.41) is 13.6. The zero-order valence-electron chi connectivity index (χ0n) is 15.7. The van der Waals surface area contributed by atoms with Gasteiger partial charge in [0.05, 0.1) is 10.6 Å². The molecule has 1 aliphatic carbocycles. The van der Waals surface area contributed by atoms with E-state index in [1.807, 2.05) is 13.1 Å². The minimum absolute atomic E-state index is 0.0109. The molecule has 0 spiro atoms. The van der Waals surface area contributed by atoms with Gasteiger partial charge in [-0.05, 0) is 37.1 Å². The van der Waals surface area contributed by atoms with E-state index >= 15 is 0 Å². The molecule has 27 heavy (non-hydrogen) atoms. The molecule has 0 radical (unpaired) electrons. The average Bonchev–Trinajstić information content (AvgIpc) is 3.30. The number of carbonyl (C=O) groups is 1. The van der Waals surface area contributed by atoms with Gasteiger partial charge in [-0.1, -0.05) is 32.4 Å². The minimum Gasteiger partial charge on any atom is -0.480 e. The molecule has 0 bridgehead atoms. The highest BCUT2D eigenvalue weighted by atomic mass is 35.5. The topological polar surface area (TPSA) is 115 Å². The molecule has 1 heterocycles. The van der Waals surface area contributed by atoms with Crippen LogP contribution in [0.25, 0.3) is 0 Å². The zero-order chi connectivity index (χ0) is 20.6. The first-order valence-electron chi connectivity index (χ1n) is 8.35. The molecule has 3 rings (SSSR count). The number of benzene rings is 1.